The fourth-order valence-corrected chi connectivity index (χ4v) is 1.38. The van der Waals surface area contributed by atoms with Crippen LogP contribution < -0.4 is 11.0 Å². The molecule has 5 heteroatoms. The smallest absolute Gasteiger partial charge is 0.363 e. The Labute approximate surface area is 92.6 Å². The van der Waals surface area contributed by atoms with Crippen molar-refractivity contribution < 1.29 is 0 Å². The van der Waals surface area contributed by atoms with Gasteiger partial charge in [-0.2, -0.15) is 10.1 Å². The zero-order chi connectivity index (χ0) is 11.2. The molecule has 1 aromatic carbocycles. The molecule has 0 fully saturated rings. The first kappa shape index (κ1) is 10.4. The zero-order valence-electron chi connectivity index (χ0n) is 8.68. The van der Waals surface area contributed by atoms with E-state index < -0.39 is 5.69 Å². The Morgan fingerprint density at radius 2 is 2.06 bits per heavy atom. The Morgan fingerprint density at radius 3 is 2.81 bits per heavy atom. The van der Waals surface area contributed by atoms with Gasteiger partial charge in [0, 0.05) is 6.54 Å². The second-order valence-electron chi connectivity index (χ2n) is 3.33. The minimum Gasteiger partial charge on any atom is -0.368 e. The lowest BCUT2D eigenvalue weighted by atomic mass is 10.1. The number of hydrogen-bond donors (Lipinski definition) is 2. The van der Waals surface area contributed by atoms with E-state index in [0.29, 0.717) is 5.82 Å². The van der Waals surface area contributed by atoms with E-state index in [2.05, 4.69) is 32.6 Å². The first-order valence-corrected chi connectivity index (χ1v) is 5.04. The molecule has 0 aliphatic heterocycles. The Hall–Kier alpha value is -2.17. The van der Waals surface area contributed by atoms with Gasteiger partial charge in [0.2, 0.25) is 0 Å². The van der Waals surface area contributed by atoms with Gasteiger partial charge in [0.05, 0.1) is 6.20 Å². The zero-order valence-corrected chi connectivity index (χ0v) is 8.68. The summed E-state index contributed by atoms with van der Waals surface area (Å²) >= 11 is 0. The van der Waals surface area contributed by atoms with Gasteiger partial charge in [-0.15, -0.1) is 0 Å². The maximum Gasteiger partial charge on any atom is 0.363 e. The molecule has 0 radical (unpaired) electrons. The van der Waals surface area contributed by atoms with Crippen LogP contribution in [-0.2, 0) is 6.42 Å². The number of nitrogens with one attached hydrogen (secondary N) is 2. The van der Waals surface area contributed by atoms with E-state index in [1.54, 1.807) is 0 Å². The molecule has 1 aromatic heterocycles. The molecule has 0 spiro atoms. The Morgan fingerprint density at radius 1 is 1.25 bits per heavy atom. The highest BCUT2D eigenvalue weighted by Gasteiger charge is 1.95. The molecule has 82 valence electrons. The largest absolute Gasteiger partial charge is 0.368 e. The summed E-state index contributed by atoms with van der Waals surface area (Å²) < 4.78 is 0. The minimum absolute atomic E-state index is 0.440. The topological polar surface area (TPSA) is 70.7 Å². The van der Waals surface area contributed by atoms with Gasteiger partial charge < -0.3 is 5.32 Å². The Balaban J connectivity index is 1.87. The number of H-pyrrole nitrogens is 1. The van der Waals surface area contributed by atoms with Crippen molar-refractivity contribution in [2.75, 3.05) is 11.9 Å². The molecule has 0 unspecified atom stereocenters. The fourth-order valence-electron chi connectivity index (χ4n) is 1.38. The summed E-state index contributed by atoms with van der Waals surface area (Å²) in [5, 5.41) is 8.91. The van der Waals surface area contributed by atoms with E-state index >= 15 is 0 Å². The van der Waals surface area contributed by atoms with Crippen LogP contribution in [-0.4, -0.2) is 21.7 Å². The van der Waals surface area contributed by atoms with Crippen molar-refractivity contribution in [1.29, 1.82) is 0 Å². The predicted octanol–water partition coefficient (Wildman–Crippen LogP) is 0.819. The van der Waals surface area contributed by atoms with Crippen molar-refractivity contribution in [3.8, 4) is 0 Å². The van der Waals surface area contributed by atoms with E-state index in [0.717, 1.165) is 13.0 Å². The van der Waals surface area contributed by atoms with E-state index in [1.807, 2.05) is 18.2 Å². The molecule has 5 nitrogen and oxygen atoms in total. The average molecular weight is 216 g/mol. The lowest BCUT2D eigenvalue weighted by Crippen LogP contribution is -2.15. The van der Waals surface area contributed by atoms with Crippen molar-refractivity contribution in [2.24, 2.45) is 0 Å². The van der Waals surface area contributed by atoms with Crippen LogP contribution in [0.5, 0.6) is 0 Å². The normalized spacial score (nSPS) is 10.0. The van der Waals surface area contributed by atoms with Gasteiger partial charge in [0.1, 0.15) is 0 Å². The van der Waals surface area contributed by atoms with Gasteiger partial charge in [-0.25, -0.2) is 9.89 Å². The van der Waals surface area contributed by atoms with E-state index in [-0.39, 0.29) is 0 Å². The standard InChI is InChI=1S/C11H12N4O/c16-11-14-10(8-13-15-11)12-7-6-9-4-2-1-3-5-9/h1-5,8H,6-7H2,(H2,12,14,15,16). The quantitative estimate of drug-likeness (QED) is 0.793. The number of hydrogen-bond acceptors (Lipinski definition) is 4. The molecule has 0 amide bonds. The molecular formula is C11H12N4O. The maximum atomic E-state index is 10.9. The van der Waals surface area contributed by atoms with Crippen LogP contribution in [0.3, 0.4) is 0 Å². The molecule has 2 N–H and O–H groups in total. The highest BCUT2D eigenvalue weighted by Crippen LogP contribution is 2.00. The molecule has 0 aliphatic rings. The Kier molecular flexibility index (Phi) is 3.28. The monoisotopic (exact) mass is 216 g/mol. The highest BCUT2D eigenvalue weighted by molar-refractivity contribution is 5.29. The van der Waals surface area contributed by atoms with Crippen molar-refractivity contribution >= 4 is 5.82 Å². The number of benzene rings is 1. The maximum absolute atomic E-state index is 10.9. The lowest BCUT2D eigenvalue weighted by Gasteiger charge is -2.03. The third-order valence-corrected chi connectivity index (χ3v) is 2.13. The van der Waals surface area contributed by atoms with Crippen LogP contribution in [0.25, 0.3) is 0 Å². The van der Waals surface area contributed by atoms with Gasteiger partial charge in [0.15, 0.2) is 5.82 Å². The number of rotatable bonds is 4. The fraction of sp³-hybridized carbons (Fsp3) is 0.182. The van der Waals surface area contributed by atoms with E-state index in [4.69, 9.17) is 0 Å². The average Bonchev–Trinajstić information content (AvgIpc) is 2.30. The van der Waals surface area contributed by atoms with Crippen LogP contribution in [0.2, 0.25) is 0 Å². The molecule has 0 bridgehead atoms. The lowest BCUT2D eigenvalue weighted by molar-refractivity contribution is 0.901. The summed E-state index contributed by atoms with van der Waals surface area (Å²) in [4.78, 5) is 14.6. The SMILES string of the molecule is O=c1nc(NCCc2ccccc2)cn[nH]1. The third-order valence-electron chi connectivity index (χ3n) is 2.13. The Bertz CT molecular complexity index is 495. The van der Waals surface area contributed by atoms with Crippen LogP contribution in [0.4, 0.5) is 5.82 Å². The first-order valence-electron chi connectivity index (χ1n) is 5.04. The molecule has 0 aliphatic carbocycles. The van der Waals surface area contributed by atoms with Gasteiger partial charge in [-0.1, -0.05) is 30.3 Å². The predicted molar refractivity (Wildman–Crippen MR) is 61.3 cm³/mol. The van der Waals surface area contributed by atoms with Gasteiger partial charge in [-0.05, 0) is 12.0 Å². The first-order chi connectivity index (χ1) is 7.84. The summed E-state index contributed by atoms with van der Waals surface area (Å²) in [7, 11) is 0. The van der Waals surface area contributed by atoms with Crippen molar-refractivity contribution in [3.05, 3.63) is 52.6 Å². The summed E-state index contributed by atoms with van der Waals surface area (Å²) in [5.41, 5.74) is 0.803. The van der Waals surface area contributed by atoms with Crippen molar-refractivity contribution in [3.63, 3.8) is 0 Å². The van der Waals surface area contributed by atoms with Gasteiger partial charge >= 0.3 is 5.69 Å². The molecule has 0 atom stereocenters. The number of nitrogens with zero attached hydrogens (tertiary/aromatic N) is 2. The minimum atomic E-state index is -0.440. The van der Waals surface area contributed by atoms with Crippen LogP contribution >= 0.6 is 0 Å². The molecule has 0 saturated carbocycles. The van der Waals surface area contributed by atoms with Crippen LogP contribution in [0.1, 0.15) is 5.56 Å². The molecule has 2 aromatic rings. The van der Waals surface area contributed by atoms with Crippen molar-refractivity contribution in [2.45, 2.75) is 6.42 Å². The number of anilines is 1. The number of aromatic nitrogens is 3. The van der Waals surface area contributed by atoms with E-state index in [1.165, 1.54) is 11.8 Å². The number of aromatic amines is 1. The van der Waals surface area contributed by atoms with E-state index in [9.17, 15) is 4.79 Å². The molecule has 1 heterocycles. The highest BCUT2D eigenvalue weighted by atomic mass is 16.1. The van der Waals surface area contributed by atoms with Gasteiger partial charge in [-0.3, -0.25) is 0 Å². The second kappa shape index (κ2) is 5.06. The summed E-state index contributed by atoms with van der Waals surface area (Å²) in [6, 6.07) is 10.1. The molecule has 2 rings (SSSR count). The third kappa shape index (κ3) is 2.91. The molecular weight excluding hydrogens is 204 g/mol. The molecule has 16 heavy (non-hydrogen) atoms. The van der Waals surface area contributed by atoms with Crippen LogP contribution in [0, 0.1) is 0 Å². The summed E-state index contributed by atoms with van der Waals surface area (Å²) in [6.07, 6.45) is 2.38. The summed E-state index contributed by atoms with van der Waals surface area (Å²) in [5.74, 6) is 0.500. The molecule has 0 saturated heterocycles. The van der Waals surface area contributed by atoms with Crippen molar-refractivity contribution in [1.82, 2.24) is 15.2 Å². The second-order valence-corrected chi connectivity index (χ2v) is 3.33. The van der Waals surface area contributed by atoms with Crippen LogP contribution in [0.15, 0.2) is 41.3 Å². The summed E-state index contributed by atoms with van der Waals surface area (Å²) in [6.45, 7) is 0.724. The van der Waals surface area contributed by atoms with Gasteiger partial charge in [0.25, 0.3) is 0 Å².